The van der Waals surface area contributed by atoms with Crippen LogP contribution < -0.4 is 16.0 Å². The molecule has 9 nitrogen and oxygen atoms in total. The quantitative estimate of drug-likeness (QED) is 0.425. The summed E-state index contributed by atoms with van der Waals surface area (Å²) >= 11 is 0. The minimum atomic E-state index is -0.632. The van der Waals surface area contributed by atoms with Crippen molar-refractivity contribution in [3.05, 3.63) is 45.6 Å². The van der Waals surface area contributed by atoms with E-state index in [1.54, 1.807) is 24.3 Å². The Labute approximate surface area is 119 Å². The summed E-state index contributed by atoms with van der Waals surface area (Å²) in [6.07, 6.45) is 0. The van der Waals surface area contributed by atoms with Crippen LogP contribution in [0.1, 0.15) is 11.3 Å². The average Bonchev–Trinajstić information content (AvgIpc) is 2.46. The fourth-order valence-electron chi connectivity index (χ4n) is 1.72. The lowest BCUT2D eigenvalue weighted by Crippen LogP contribution is -2.13. The van der Waals surface area contributed by atoms with Crippen molar-refractivity contribution < 1.29 is 14.8 Å². The summed E-state index contributed by atoms with van der Waals surface area (Å²) in [5, 5.41) is 20.4. The van der Waals surface area contributed by atoms with Crippen LogP contribution in [0.15, 0.2) is 24.3 Å². The number of hydrogen-bond donors (Lipinski definition) is 3. The lowest BCUT2D eigenvalue weighted by Gasteiger charge is -2.10. The number of hydrogen-bond acceptors (Lipinski definition) is 8. The highest BCUT2D eigenvalue weighted by molar-refractivity contribution is 5.51. The minimum Gasteiger partial charge on any atom is -0.433 e. The van der Waals surface area contributed by atoms with Gasteiger partial charge >= 0.3 is 11.6 Å². The summed E-state index contributed by atoms with van der Waals surface area (Å²) in [6, 6.07) is 6.60. The van der Waals surface area contributed by atoms with Crippen molar-refractivity contribution in [3.8, 4) is 11.6 Å². The molecule has 0 aliphatic carbocycles. The molecule has 0 radical (unpaired) electrons. The second-order valence-corrected chi connectivity index (χ2v) is 4.06. The van der Waals surface area contributed by atoms with Gasteiger partial charge in [-0.2, -0.15) is 4.98 Å². The van der Waals surface area contributed by atoms with Gasteiger partial charge in [-0.15, -0.1) is 0 Å². The Morgan fingerprint density at radius 3 is 2.76 bits per heavy atom. The zero-order chi connectivity index (χ0) is 15.4. The SMILES string of the molecule is Cc1nc(NN)nc(Oc2ccccc2CO)c1[N+](=O)[O-]. The van der Waals surface area contributed by atoms with Gasteiger partial charge in [-0.05, 0) is 13.0 Å². The fraction of sp³-hybridized carbons (Fsp3) is 0.167. The molecule has 0 aliphatic rings. The van der Waals surface area contributed by atoms with E-state index >= 15 is 0 Å². The van der Waals surface area contributed by atoms with Crippen LogP contribution >= 0.6 is 0 Å². The van der Waals surface area contributed by atoms with E-state index in [0.29, 0.717) is 5.56 Å². The van der Waals surface area contributed by atoms with Crippen molar-refractivity contribution in [2.75, 3.05) is 5.43 Å². The number of nitro groups is 1. The topological polar surface area (TPSA) is 136 Å². The molecule has 1 heterocycles. The summed E-state index contributed by atoms with van der Waals surface area (Å²) in [5.41, 5.74) is 2.44. The molecule has 9 heteroatoms. The van der Waals surface area contributed by atoms with Crippen LogP contribution in [0.25, 0.3) is 0 Å². The Morgan fingerprint density at radius 2 is 2.14 bits per heavy atom. The molecule has 0 unspecified atom stereocenters. The molecule has 0 saturated heterocycles. The summed E-state index contributed by atoms with van der Waals surface area (Å²) in [7, 11) is 0. The van der Waals surface area contributed by atoms with E-state index in [4.69, 9.17) is 10.6 Å². The summed E-state index contributed by atoms with van der Waals surface area (Å²) in [6.45, 7) is 1.18. The van der Waals surface area contributed by atoms with Gasteiger partial charge in [0.1, 0.15) is 11.4 Å². The molecule has 4 N–H and O–H groups in total. The van der Waals surface area contributed by atoms with Crippen molar-refractivity contribution in [1.82, 2.24) is 9.97 Å². The highest BCUT2D eigenvalue weighted by Gasteiger charge is 2.24. The standard InChI is InChI=1S/C12H13N5O4/c1-7-10(17(19)20)11(15-12(14-7)16-13)21-9-5-3-2-4-8(9)6-18/h2-5,18H,6,13H2,1H3,(H,14,15,16). The Bertz CT molecular complexity index is 677. The first kappa shape index (κ1) is 14.6. The van der Waals surface area contributed by atoms with E-state index in [-0.39, 0.29) is 35.6 Å². The van der Waals surface area contributed by atoms with Gasteiger partial charge in [0.05, 0.1) is 11.5 Å². The molecule has 21 heavy (non-hydrogen) atoms. The number of nitrogen functional groups attached to an aromatic ring is 1. The van der Waals surface area contributed by atoms with Gasteiger partial charge in [0.25, 0.3) is 0 Å². The first-order valence-electron chi connectivity index (χ1n) is 5.93. The number of aliphatic hydroxyl groups is 1. The van der Waals surface area contributed by atoms with Crippen LogP contribution in [0.5, 0.6) is 11.6 Å². The van der Waals surface area contributed by atoms with Gasteiger partial charge in [-0.3, -0.25) is 15.5 Å². The highest BCUT2D eigenvalue weighted by atomic mass is 16.6. The fourth-order valence-corrected chi connectivity index (χ4v) is 1.72. The summed E-state index contributed by atoms with van der Waals surface area (Å²) in [4.78, 5) is 18.2. The number of ether oxygens (including phenoxy) is 1. The average molecular weight is 291 g/mol. The number of para-hydroxylation sites is 1. The minimum absolute atomic E-state index is 0.00502. The maximum Gasteiger partial charge on any atom is 0.352 e. The number of nitrogens with zero attached hydrogens (tertiary/aromatic N) is 3. The van der Waals surface area contributed by atoms with Crippen LogP contribution in [0.2, 0.25) is 0 Å². The summed E-state index contributed by atoms with van der Waals surface area (Å²) in [5.74, 6) is 5.24. The van der Waals surface area contributed by atoms with E-state index in [9.17, 15) is 15.2 Å². The van der Waals surface area contributed by atoms with Gasteiger partial charge in [0.15, 0.2) is 0 Å². The molecule has 0 fully saturated rings. The predicted octanol–water partition coefficient (Wildman–Crippen LogP) is 1.26. The van der Waals surface area contributed by atoms with Crippen molar-refractivity contribution >= 4 is 11.6 Å². The molecule has 1 aromatic carbocycles. The van der Waals surface area contributed by atoms with Gasteiger partial charge < -0.3 is 9.84 Å². The molecule has 2 aromatic rings. The number of benzene rings is 1. The number of rotatable bonds is 5. The third-order valence-corrected chi connectivity index (χ3v) is 2.69. The van der Waals surface area contributed by atoms with Crippen molar-refractivity contribution in [2.24, 2.45) is 5.84 Å². The monoisotopic (exact) mass is 291 g/mol. The van der Waals surface area contributed by atoms with Crippen molar-refractivity contribution in [3.63, 3.8) is 0 Å². The number of aryl methyl sites for hydroxylation is 1. The normalized spacial score (nSPS) is 10.2. The van der Waals surface area contributed by atoms with E-state index in [0.717, 1.165) is 0 Å². The van der Waals surface area contributed by atoms with Gasteiger partial charge in [0, 0.05) is 5.56 Å². The van der Waals surface area contributed by atoms with Gasteiger partial charge in [-0.25, -0.2) is 10.8 Å². The highest BCUT2D eigenvalue weighted by Crippen LogP contribution is 2.33. The maximum atomic E-state index is 11.1. The van der Waals surface area contributed by atoms with E-state index in [2.05, 4.69) is 15.4 Å². The Balaban J connectivity index is 2.52. The maximum absolute atomic E-state index is 11.1. The lowest BCUT2D eigenvalue weighted by atomic mass is 10.2. The van der Waals surface area contributed by atoms with Gasteiger partial charge in [-0.1, -0.05) is 18.2 Å². The summed E-state index contributed by atoms with van der Waals surface area (Å²) < 4.78 is 5.47. The molecule has 0 amide bonds. The van der Waals surface area contributed by atoms with Crippen LogP contribution in [0.3, 0.4) is 0 Å². The van der Waals surface area contributed by atoms with Crippen LogP contribution in [-0.4, -0.2) is 20.0 Å². The molecule has 0 aliphatic heterocycles. The van der Waals surface area contributed by atoms with Crippen LogP contribution in [0.4, 0.5) is 11.6 Å². The number of hydrazine groups is 1. The second-order valence-electron chi connectivity index (χ2n) is 4.06. The van der Waals surface area contributed by atoms with Crippen molar-refractivity contribution in [1.29, 1.82) is 0 Å². The largest absolute Gasteiger partial charge is 0.433 e. The molecule has 0 bridgehead atoms. The van der Waals surface area contributed by atoms with E-state index in [1.165, 1.54) is 6.92 Å². The number of nitrogens with one attached hydrogen (secondary N) is 1. The third kappa shape index (κ3) is 3.04. The second kappa shape index (κ2) is 6.11. The molecular weight excluding hydrogens is 278 g/mol. The Kier molecular flexibility index (Phi) is 4.26. The van der Waals surface area contributed by atoms with E-state index < -0.39 is 4.92 Å². The number of aliphatic hydroxyl groups excluding tert-OH is 1. The molecule has 0 atom stereocenters. The molecule has 1 aromatic heterocycles. The van der Waals surface area contributed by atoms with Crippen LogP contribution in [-0.2, 0) is 6.61 Å². The van der Waals surface area contributed by atoms with E-state index in [1.807, 2.05) is 0 Å². The zero-order valence-electron chi connectivity index (χ0n) is 11.1. The number of nitrogens with two attached hydrogens (primary N) is 1. The Morgan fingerprint density at radius 1 is 1.43 bits per heavy atom. The number of aromatic nitrogens is 2. The smallest absolute Gasteiger partial charge is 0.352 e. The third-order valence-electron chi connectivity index (χ3n) is 2.69. The molecule has 0 spiro atoms. The van der Waals surface area contributed by atoms with Crippen LogP contribution in [0, 0.1) is 17.0 Å². The first-order valence-corrected chi connectivity index (χ1v) is 5.93. The zero-order valence-corrected chi connectivity index (χ0v) is 11.1. The van der Waals surface area contributed by atoms with Crippen molar-refractivity contribution in [2.45, 2.75) is 13.5 Å². The van der Waals surface area contributed by atoms with Gasteiger partial charge in [0.2, 0.25) is 5.95 Å². The number of anilines is 1. The predicted molar refractivity (Wildman–Crippen MR) is 73.7 cm³/mol. The Hall–Kier alpha value is -2.78. The molecule has 110 valence electrons. The molecule has 0 saturated carbocycles. The molecule has 2 rings (SSSR count). The molecular formula is C12H13N5O4. The first-order chi connectivity index (χ1) is 10.1. The lowest BCUT2D eigenvalue weighted by molar-refractivity contribution is -0.386.